The van der Waals surface area contributed by atoms with Gasteiger partial charge in [0.15, 0.2) is 0 Å². The highest BCUT2D eigenvalue weighted by atomic mass is 19.1. The molecule has 6 heteroatoms. The van der Waals surface area contributed by atoms with Crippen molar-refractivity contribution in [1.29, 1.82) is 0 Å². The third kappa shape index (κ3) is 3.28. The van der Waals surface area contributed by atoms with Gasteiger partial charge in [-0.1, -0.05) is 30.3 Å². The Morgan fingerprint density at radius 1 is 0.633 bits per heavy atom. The van der Waals surface area contributed by atoms with Crippen LogP contribution in [0.5, 0.6) is 0 Å². The maximum absolute atomic E-state index is 13.8. The number of rotatable bonds is 4. The van der Waals surface area contributed by atoms with Gasteiger partial charge in [0, 0.05) is 46.7 Å². The van der Waals surface area contributed by atoms with Crippen LogP contribution in [0.15, 0.2) is 83.0 Å². The molecule has 0 saturated carbocycles. The zero-order valence-electron chi connectivity index (χ0n) is 15.7. The van der Waals surface area contributed by atoms with E-state index in [0.717, 1.165) is 33.3 Å². The molecule has 0 fully saturated rings. The van der Waals surface area contributed by atoms with Gasteiger partial charge in [0.1, 0.15) is 11.6 Å². The van der Waals surface area contributed by atoms with Crippen molar-refractivity contribution in [1.82, 2.24) is 9.97 Å². The summed E-state index contributed by atoms with van der Waals surface area (Å²) in [5.74, 6) is -0.582. The average molecular weight is 398 g/mol. The Kier molecular flexibility index (Phi) is 4.44. The Labute approximate surface area is 170 Å². The van der Waals surface area contributed by atoms with Crippen molar-refractivity contribution in [2.45, 2.75) is 0 Å². The van der Waals surface area contributed by atoms with E-state index in [1.807, 2.05) is 36.4 Å². The molecule has 0 unspecified atom stereocenters. The lowest BCUT2D eigenvalue weighted by molar-refractivity contribution is 0.637. The molecule has 3 aromatic carbocycles. The maximum Gasteiger partial charge on any atom is 0.147 e. The van der Waals surface area contributed by atoms with Crippen LogP contribution in [-0.2, 0) is 0 Å². The number of aromatic amines is 2. The van der Waals surface area contributed by atoms with Crippen LogP contribution < -0.4 is 0 Å². The van der Waals surface area contributed by atoms with Gasteiger partial charge in [-0.25, -0.2) is 8.78 Å². The minimum Gasteiger partial charge on any atom is -0.358 e. The highest BCUT2D eigenvalue weighted by Crippen LogP contribution is 2.24. The van der Waals surface area contributed by atoms with Crippen LogP contribution in [0.1, 0.15) is 11.1 Å². The van der Waals surface area contributed by atoms with Crippen molar-refractivity contribution in [3.05, 3.63) is 95.8 Å². The number of halogens is 2. The molecule has 5 aromatic rings. The molecule has 2 heterocycles. The topological polar surface area (TPSA) is 56.3 Å². The monoisotopic (exact) mass is 398 g/mol. The Morgan fingerprint density at radius 3 is 1.60 bits per heavy atom. The van der Waals surface area contributed by atoms with Gasteiger partial charge in [-0.15, -0.1) is 0 Å². The summed E-state index contributed by atoms with van der Waals surface area (Å²) >= 11 is 0. The predicted molar refractivity (Wildman–Crippen MR) is 117 cm³/mol. The van der Waals surface area contributed by atoms with Gasteiger partial charge in [-0.2, -0.15) is 0 Å². The summed E-state index contributed by atoms with van der Waals surface area (Å²) in [6, 6.07) is 17.3. The van der Waals surface area contributed by atoms with Crippen LogP contribution in [-0.4, -0.2) is 22.4 Å². The first-order valence-corrected chi connectivity index (χ1v) is 9.38. The molecular formula is C24H16F2N4. The molecule has 2 aromatic heterocycles. The van der Waals surface area contributed by atoms with Crippen LogP contribution in [0.2, 0.25) is 0 Å². The lowest BCUT2D eigenvalue weighted by atomic mass is 10.2. The third-order valence-corrected chi connectivity index (χ3v) is 4.93. The van der Waals surface area contributed by atoms with Crippen molar-refractivity contribution in [2.75, 3.05) is 0 Å². The largest absolute Gasteiger partial charge is 0.358 e. The quantitative estimate of drug-likeness (QED) is 0.328. The molecule has 0 aliphatic heterocycles. The van der Waals surface area contributed by atoms with Gasteiger partial charge in [-0.05, 0) is 30.3 Å². The van der Waals surface area contributed by atoms with E-state index in [9.17, 15) is 8.78 Å². The summed E-state index contributed by atoms with van der Waals surface area (Å²) in [6.45, 7) is 0. The molecule has 4 nitrogen and oxygen atoms in total. The summed E-state index contributed by atoms with van der Waals surface area (Å²) in [4.78, 5) is 14.9. The van der Waals surface area contributed by atoms with E-state index in [-0.39, 0.29) is 11.6 Å². The summed E-state index contributed by atoms with van der Waals surface area (Å²) in [5, 5.41) is 1.55. The van der Waals surface area contributed by atoms with Gasteiger partial charge < -0.3 is 9.97 Å². The Balaban J connectivity index is 1.41. The van der Waals surface area contributed by atoms with Gasteiger partial charge in [0.25, 0.3) is 0 Å². The lowest BCUT2D eigenvalue weighted by Gasteiger charge is -1.97. The molecule has 0 radical (unpaired) electrons. The predicted octanol–water partition coefficient (Wildman–Crippen LogP) is 6.43. The third-order valence-electron chi connectivity index (χ3n) is 4.93. The average Bonchev–Trinajstić information content (AvgIpc) is 3.37. The number of hydrogen-bond acceptors (Lipinski definition) is 2. The van der Waals surface area contributed by atoms with Crippen LogP contribution >= 0.6 is 0 Å². The number of fused-ring (bicyclic) bond motifs is 2. The van der Waals surface area contributed by atoms with E-state index in [1.54, 1.807) is 37.0 Å². The minimum absolute atomic E-state index is 0.291. The van der Waals surface area contributed by atoms with Crippen LogP contribution in [0.4, 0.5) is 20.2 Å². The molecule has 0 saturated heterocycles. The normalized spacial score (nSPS) is 12.1. The highest BCUT2D eigenvalue weighted by Gasteiger charge is 2.06. The van der Waals surface area contributed by atoms with Crippen LogP contribution in [0.25, 0.3) is 21.8 Å². The lowest BCUT2D eigenvalue weighted by Crippen LogP contribution is -1.80. The highest BCUT2D eigenvalue weighted by molar-refractivity contribution is 6.01. The Morgan fingerprint density at radius 2 is 1.10 bits per heavy atom. The first kappa shape index (κ1) is 18.0. The number of para-hydroxylation sites is 2. The second-order valence-corrected chi connectivity index (χ2v) is 6.85. The van der Waals surface area contributed by atoms with Gasteiger partial charge >= 0.3 is 0 Å². The van der Waals surface area contributed by atoms with E-state index >= 15 is 0 Å². The summed E-state index contributed by atoms with van der Waals surface area (Å²) in [6.07, 6.45) is 6.86. The molecule has 146 valence electrons. The molecular weight excluding hydrogens is 382 g/mol. The van der Waals surface area contributed by atoms with Crippen LogP contribution in [0.3, 0.4) is 0 Å². The molecule has 0 bridgehead atoms. The molecule has 30 heavy (non-hydrogen) atoms. The van der Waals surface area contributed by atoms with Crippen molar-refractivity contribution < 1.29 is 8.78 Å². The van der Waals surface area contributed by atoms with Crippen molar-refractivity contribution in [3.63, 3.8) is 0 Å². The zero-order chi connectivity index (χ0) is 20.5. The van der Waals surface area contributed by atoms with Crippen molar-refractivity contribution in [3.8, 4) is 0 Å². The molecule has 0 aliphatic rings. The van der Waals surface area contributed by atoms with Crippen molar-refractivity contribution in [2.24, 2.45) is 9.98 Å². The fourth-order valence-electron chi connectivity index (χ4n) is 3.43. The number of aliphatic imine (C=N–C) groups is 2. The molecule has 0 spiro atoms. The fraction of sp³-hybridized carbons (Fsp3) is 0. The van der Waals surface area contributed by atoms with E-state index in [1.165, 1.54) is 12.1 Å². The number of H-pyrrole nitrogens is 2. The smallest absolute Gasteiger partial charge is 0.147 e. The number of benzene rings is 3. The number of aromatic nitrogens is 2. The maximum atomic E-state index is 13.8. The molecule has 2 N–H and O–H groups in total. The van der Waals surface area contributed by atoms with E-state index in [4.69, 9.17) is 0 Å². The first-order valence-electron chi connectivity index (χ1n) is 9.38. The Bertz CT molecular complexity index is 1320. The van der Waals surface area contributed by atoms with E-state index < -0.39 is 0 Å². The van der Waals surface area contributed by atoms with Crippen LogP contribution in [0, 0.1) is 11.6 Å². The first-order chi connectivity index (χ1) is 14.7. The standard InChI is InChI=1S/C24H16F2N4/c25-21-8-2-6-19-15(13-29-23(19)21)11-27-17-4-1-5-18(10-17)28-12-16-14-30-24-20(16)7-3-9-22(24)26/h1-14,29-30H. The Hall–Kier alpha value is -4.06. The second-order valence-electron chi connectivity index (χ2n) is 6.85. The molecule has 5 rings (SSSR count). The van der Waals surface area contributed by atoms with E-state index in [0.29, 0.717) is 11.0 Å². The number of nitrogens with zero attached hydrogens (tertiary/aromatic N) is 2. The molecule has 0 amide bonds. The summed E-state index contributed by atoms with van der Waals surface area (Å²) in [5.41, 5.74) is 3.99. The van der Waals surface area contributed by atoms with Gasteiger partial charge in [0.2, 0.25) is 0 Å². The van der Waals surface area contributed by atoms with E-state index in [2.05, 4.69) is 20.0 Å². The minimum atomic E-state index is -0.291. The van der Waals surface area contributed by atoms with Crippen molar-refractivity contribution >= 4 is 45.6 Å². The summed E-state index contributed by atoms with van der Waals surface area (Å²) < 4.78 is 27.6. The molecule has 0 atom stereocenters. The number of hydrogen-bond donors (Lipinski definition) is 2. The SMILES string of the molecule is Fc1cccc2c(C=Nc3cccc(N=Cc4c[nH]c5c(F)cccc45)c3)c[nH]c12. The fourth-order valence-corrected chi connectivity index (χ4v) is 3.43. The number of nitrogens with one attached hydrogen (secondary N) is 2. The molecule has 0 aliphatic carbocycles. The second kappa shape index (κ2) is 7.40. The zero-order valence-corrected chi connectivity index (χ0v) is 15.7. The van der Waals surface area contributed by atoms with Gasteiger partial charge in [-0.3, -0.25) is 9.98 Å². The summed E-state index contributed by atoms with van der Waals surface area (Å²) in [7, 11) is 0. The van der Waals surface area contributed by atoms with Gasteiger partial charge in [0.05, 0.1) is 22.4 Å².